The summed E-state index contributed by atoms with van der Waals surface area (Å²) in [5, 5.41) is 9.52. The lowest BCUT2D eigenvalue weighted by Gasteiger charge is -2.11. The Balaban J connectivity index is 2.44. The van der Waals surface area contributed by atoms with Crippen LogP contribution < -0.4 is 4.74 Å². The van der Waals surface area contributed by atoms with Gasteiger partial charge < -0.3 is 4.74 Å². The molecule has 0 atom stereocenters. The molecule has 1 heterocycles. The molecule has 0 radical (unpaired) electrons. The summed E-state index contributed by atoms with van der Waals surface area (Å²) >= 11 is 6.12. The third-order valence-corrected chi connectivity index (χ3v) is 3.26. The van der Waals surface area contributed by atoms with Crippen molar-refractivity contribution in [3.05, 3.63) is 51.8 Å². The largest absolute Gasteiger partial charge is 0.454 e. The molecule has 0 amide bonds. The number of ether oxygens (including phenoxy) is 1. The predicted octanol–water partition coefficient (Wildman–Crippen LogP) is 4.22. The van der Waals surface area contributed by atoms with E-state index in [0.29, 0.717) is 33.3 Å². The lowest BCUT2D eigenvalue weighted by molar-refractivity contribution is 0.101. The average Bonchev–Trinajstić information content (AvgIpc) is 2.40. The van der Waals surface area contributed by atoms with E-state index < -0.39 is 0 Å². The van der Waals surface area contributed by atoms with Gasteiger partial charge in [-0.05, 0) is 39.0 Å². The Kier molecular flexibility index (Phi) is 4.25. The number of pyridine rings is 1. The van der Waals surface area contributed by atoms with E-state index in [0.717, 1.165) is 5.69 Å². The Morgan fingerprint density at radius 1 is 1.29 bits per heavy atom. The van der Waals surface area contributed by atoms with Crippen LogP contribution in [0.15, 0.2) is 24.3 Å². The summed E-state index contributed by atoms with van der Waals surface area (Å²) in [7, 11) is 0. The summed E-state index contributed by atoms with van der Waals surface area (Å²) in [6.45, 7) is 5.04. The van der Waals surface area contributed by atoms with Crippen LogP contribution in [0.5, 0.6) is 11.5 Å². The molecule has 4 nitrogen and oxygen atoms in total. The first-order valence-electron chi connectivity index (χ1n) is 6.29. The van der Waals surface area contributed by atoms with Crippen molar-refractivity contribution < 1.29 is 9.53 Å². The average molecular weight is 301 g/mol. The second kappa shape index (κ2) is 5.94. The molecule has 21 heavy (non-hydrogen) atoms. The number of rotatable bonds is 3. The van der Waals surface area contributed by atoms with E-state index in [-0.39, 0.29) is 5.78 Å². The molecule has 2 aromatic rings. The Morgan fingerprint density at radius 2 is 2.00 bits per heavy atom. The van der Waals surface area contributed by atoms with Crippen LogP contribution in [-0.2, 0) is 0 Å². The third-order valence-electron chi connectivity index (χ3n) is 2.96. The summed E-state index contributed by atoms with van der Waals surface area (Å²) in [4.78, 5) is 15.5. The molecule has 2 rings (SSSR count). The molecule has 0 spiro atoms. The van der Waals surface area contributed by atoms with Crippen molar-refractivity contribution in [3.63, 3.8) is 0 Å². The number of hydrogen-bond donors (Lipinski definition) is 0. The van der Waals surface area contributed by atoms with E-state index in [9.17, 15) is 10.1 Å². The molecular formula is C16H13ClN2O2. The Morgan fingerprint density at radius 3 is 2.57 bits per heavy atom. The molecule has 106 valence electrons. The monoisotopic (exact) mass is 300 g/mol. The standard InChI is InChI=1S/C16H13ClN2O2/c1-9-6-16(13(8-18)10(2)19-9)21-15-5-4-12(11(3)20)7-14(15)17/h4-7H,1-3H3. The number of aromatic nitrogens is 1. The molecule has 0 unspecified atom stereocenters. The van der Waals surface area contributed by atoms with Gasteiger partial charge in [0.2, 0.25) is 0 Å². The van der Waals surface area contributed by atoms with Crippen LogP contribution in [-0.4, -0.2) is 10.8 Å². The van der Waals surface area contributed by atoms with Crippen molar-refractivity contribution in [2.45, 2.75) is 20.8 Å². The first-order valence-corrected chi connectivity index (χ1v) is 6.67. The summed E-state index contributed by atoms with van der Waals surface area (Å²) in [5.41, 5.74) is 2.23. The minimum Gasteiger partial charge on any atom is -0.454 e. The number of nitrogens with zero attached hydrogens (tertiary/aromatic N) is 2. The number of benzene rings is 1. The quantitative estimate of drug-likeness (QED) is 0.796. The Bertz CT molecular complexity index is 764. The highest BCUT2D eigenvalue weighted by Gasteiger charge is 2.13. The maximum Gasteiger partial charge on any atom is 0.159 e. The van der Waals surface area contributed by atoms with Crippen LogP contribution in [0, 0.1) is 25.2 Å². The molecule has 0 fully saturated rings. The molecular weight excluding hydrogens is 288 g/mol. The SMILES string of the molecule is CC(=O)c1ccc(Oc2cc(C)nc(C)c2C#N)c(Cl)c1. The van der Waals surface area contributed by atoms with Crippen LogP contribution in [0.2, 0.25) is 5.02 Å². The smallest absolute Gasteiger partial charge is 0.159 e. The van der Waals surface area contributed by atoms with Crippen LogP contribution in [0.25, 0.3) is 0 Å². The number of aryl methyl sites for hydroxylation is 2. The minimum absolute atomic E-state index is 0.0724. The summed E-state index contributed by atoms with van der Waals surface area (Å²) in [6.07, 6.45) is 0. The Hall–Kier alpha value is -2.38. The normalized spacial score (nSPS) is 10.0. The van der Waals surface area contributed by atoms with Gasteiger partial charge >= 0.3 is 0 Å². The van der Waals surface area contributed by atoms with E-state index in [4.69, 9.17) is 16.3 Å². The molecule has 0 saturated heterocycles. The van der Waals surface area contributed by atoms with Gasteiger partial charge in [0, 0.05) is 17.3 Å². The highest BCUT2D eigenvalue weighted by Crippen LogP contribution is 2.32. The summed E-state index contributed by atoms with van der Waals surface area (Å²) < 4.78 is 5.72. The topological polar surface area (TPSA) is 63.0 Å². The van der Waals surface area contributed by atoms with Crippen LogP contribution in [0.4, 0.5) is 0 Å². The molecule has 0 aliphatic rings. The zero-order valence-corrected chi connectivity index (χ0v) is 12.7. The Labute approximate surface area is 128 Å². The molecule has 1 aromatic carbocycles. The van der Waals surface area contributed by atoms with E-state index in [1.54, 1.807) is 31.2 Å². The summed E-state index contributed by atoms with van der Waals surface area (Å²) in [5.74, 6) is 0.722. The maximum absolute atomic E-state index is 11.3. The molecule has 0 aliphatic heterocycles. The highest BCUT2D eigenvalue weighted by molar-refractivity contribution is 6.32. The fourth-order valence-corrected chi connectivity index (χ4v) is 2.15. The van der Waals surface area contributed by atoms with Gasteiger partial charge in [0.15, 0.2) is 5.78 Å². The zero-order chi connectivity index (χ0) is 15.6. The van der Waals surface area contributed by atoms with Crippen LogP contribution >= 0.6 is 11.6 Å². The van der Waals surface area contributed by atoms with Crippen molar-refractivity contribution in [3.8, 4) is 17.6 Å². The van der Waals surface area contributed by atoms with Gasteiger partial charge in [0.05, 0.1) is 10.7 Å². The molecule has 5 heteroatoms. The van der Waals surface area contributed by atoms with E-state index in [1.807, 2.05) is 6.92 Å². The van der Waals surface area contributed by atoms with Crippen molar-refractivity contribution in [2.24, 2.45) is 0 Å². The first-order chi connectivity index (χ1) is 9.92. The molecule has 0 saturated carbocycles. The number of carbonyl (C=O) groups excluding carboxylic acids is 1. The number of ketones is 1. The number of nitriles is 1. The van der Waals surface area contributed by atoms with E-state index in [1.165, 1.54) is 6.92 Å². The van der Waals surface area contributed by atoms with E-state index in [2.05, 4.69) is 11.1 Å². The predicted molar refractivity (Wildman–Crippen MR) is 80.0 cm³/mol. The second-order valence-corrected chi connectivity index (χ2v) is 5.04. The molecule has 1 aromatic heterocycles. The second-order valence-electron chi connectivity index (χ2n) is 4.64. The van der Waals surface area contributed by atoms with Crippen LogP contribution in [0.1, 0.15) is 34.2 Å². The van der Waals surface area contributed by atoms with Gasteiger partial charge in [0.1, 0.15) is 23.1 Å². The van der Waals surface area contributed by atoms with Crippen molar-refractivity contribution >= 4 is 17.4 Å². The number of Topliss-reactive ketones (excluding diaryl/α,β-unsaturated/α-hetero) is 1. The summed E-state index contributed by atoms with van der Waals surface area (Å²) in [6, 6.07) is 8.56. The lowest BCUT2D eigenvalue weighted by Crippen LogP contribution is -1.97. The number of carbonyl (C=O) groups is 1. The van der Waals surface area contributed by atoms with E-state index >= 15 is 0 Å². The first kappa shape index (κ1) is 15.0. The van der Waals surface area contributed by atoms with Crippen molar-refractivity contribution in [1.82, 2.24) is 4.98 Å². The number of hydrogen-bond acceptors (Lipinski definition) is 4. The fraction of sp³-hybridized carbons (Fsp3) is 0.188. The fourth-order valence-electron chi connectivity index (χ4n) is 1.93. The molecule has 0 N–H and O–H groups in total. The highest BCUT2D eigenvalue weighted by atomic mass is 35.5. The van der Waals surface area contributed by atoms with Gasteiger partial charge in [-0.2, -0.15) is 5.26 Å². The number of halogens is 1. The minimum atomic E-state index is -0.0724. The van der Waals surface area contributed by atoms with Crippen molar-refractivity contribution in [2.75, 3.05) is 0 Å². The molecule has 0 bridgehead atoms. The maximum atomic E-state index is 11.3. The third kappa shape index (κ3) is 3.21. The zero-order valence-electron chi connectivity index (χ0n) is 11.9. The van der Waals surface area contributed by atoms with Gasteiger partial charge in [-0.3, -0.25) is 9.78 Å². The van der Waals surface area contributed by atoms with Crippen LogP contribution in [0.3, 0.4) is 0 Å². The van der Waals surface area contributed by atoms with Gasteiger partial charge in [-0.15, -0.1) is 0 Å². The van der Waals surface area contributed by atoms with Gasteiger partial charge in [-0.25, -0.2) is 0 Å². The van der Waals surface area contributed by atoms with Crippen molar-refractivity contribution in [1.29, 1.82) is 5.26 Å². The molecule has 0 aliphatic carbocycles. The lowest BCUT2D eigenvalue weighted by atomic mass is 10.1. The van der Waals surface area contributed by atoms with Gasteiger partial charge in [0.25, 0.3) is 0 Å². The van der Waals surface area contributed by atoms with Gasteiger partial charge in [-0.1, -0.05) is 11.6 Å².